The van der Waals surface area contributed by atoms with Crippen LogP contribution in [0.4, 0.5) is 0 Å². The van der Waals surface area contributed by atoms with Crippen LogP contribution in [0, 0.1) is 0 Å². The van der Waals surface area contributed by atoms with Crippen molar-refractivity contribution in [2.75, 3.05) is 25.9 Å². The fourth-order valence-corrected chi connectivity index (χ4v) is 2.09. The van der Waals surface area contributed by atoms with Crippen molar-refractivity contribution in [1.29, 1.82) is 0 Å². The molecule has 1 N–H and O–H groups in total. The molecule has 0 fully saturated rings. The second-order valence-electron chi connectivity index (χ2n) is 4.36. The molecule has 0 aromatic rings. The smallest absolute Gasteiger partial charge is 1.00 e. The molecule has 0 amide bonds. The Labute approximate surface area is 150 Å². The summed E-state index contributed by atoms with van der Waals surface area (Å²) in [5.41, 5.74) is 0. The van der Waals surface area contributed by atoms with Crippen molar-refractivity contribution in [3.05, 3.63) is 0 Å². The Bertz CT molecular complexity index is 263. The van der Waals surface area contributed by atoms with Gasteiger partial charge in [-0.2, -0.15) is 8.42 Å². The van der Waals surface area contributed by atoms with Gasteiger partial charge in [0.1, 0.15) is 0 Å². The molecule has 0 bridgehead atoms. The van der Waals surface area contributed by atoms with E-state index in [0.717, 1.165) is 13.0 Å². The molecule has 0 radical (unpaired) electrons. The minimum atomic E-state index is -3.80. The van der Waals surface area contributed by atoms with Gasteiger partial charge in [0.15, 0.2) is 0 Å². The third kappa shape index (κ3) is 17.5. The summed E-state index contributed by atoms with van der Waals surface area (Å²) in [6.07, 6.45) is 7.43. The van der Waals surface area contributed by atoms with Crippen molar-refractivity contribution in [2.45, 2.75) is 45.4 Å². The molecule has 0 saturated carbocycles. The maximum absolute atomic E-state index is 10.5. The van der Waals surface area contributed by atoms with E-state index in [1.165, 1.54) is 32.1 Å². The molecule has 100 valence electrons. The predicted molar refractivity (Wildman–Crippen MR) is 68.4 cm³/mol. The zero-order valence-electron chi connectivity index (χ0n) is 12.5. The number of nitrogens with zero attached hydrogens (tertiary/aromatic N) is 1. The second kappa shape index (κ2) is 12.5. The molecule has 0 atom stereocenters. The molecule has 0 saturated heterocycles. The van der Waals surface area contributed by atoms with Gasteiger partial charge in [-0.15, -0.1) is 0 Å². The first kappa shape index (κ1) is 20.8. The van der Waals surface area contributed by atoms with E-state index in [0.29, 0.717) is 6.54 Å². The SMILES string of the molecule is CCCCCCCCN(C)CCS(=O)(=O)O.[H-].[K+]. The van der Waals surface area contributed by atoms with Crippen LogP contribution in [-0.4, -0.2) is 43.8 Å². The normalized spacial score (nSPS) is 11.5. The second-order valence-corrected chi connectivity index (χ2v) is 5.93. The van der Waals surface area contributed by atoms with Crippen LogP contribution < -0.4 is 51.4 Å². The standard InChI is InChI=1S/C11H25NO3S.K.H/c1-3-4-5-6-7-8-9-12(2)10-11-16(13,14)15;;/h3-11H2,1-2H3,(H,13,14,15);;/q;+1;-1. The van der Waals surface area contributed by atoms with Crippen LogP contribution in [0.1, 0.15) is 46.9 Å². The first-order valence-corrected chi connectivity index (χ1v) is 7.70. The van der Waals surface area contributed by atoms with E-state index < -0.39 is 10.1 Å². The first-order chi connectivity index (χ1) is 7.45. The Balaban J connectivity index is -0.00000112. The first-order valence-electron chi connectivity index (χ1n) is 6.09. The molecular weight excluding hydrogens is 265 g/mol. The van der Waals surface area contributed by atoms with Crippen LogP contribution >= 0.6 is 0 Å². The molecule has 4 nitrogen and oxygen atoms in total. The molecule has 17 heavy (non-hydrogen) atoms. The van der Waals surface area contributed by atoms with E-state index in [-0.39, 0.29) is 58.6 Å². The summed E-state index contributed by atoms with van der Waals surface area (Å²) in [4.78, 5) is 1.95. The molecule has 0 unspecified atom stereocenters. The van der Waals surface area contributed by atoms with Crippen LogP contribution in [0.5, 0.6) is 0 Å². The van der Waals surface area contributed by atoms with E-state index in [4.69, 9.17) is 4.55 Å². The quantitative estimate of drug-likeness (QED) is 0.328. The van der Waals surface area contributed by atoms with Gasteiger partial charge in [0.2, 0.25) is 0 Å². The van der Waals surface area contributed by atoms with Gasteiger partial charge < -0.3 is 6.33 Å². The zero-order valence-corrected chi connectivity index (χ0v) is 15.4. The van der Waals surface area contributed by atoms with Gasteiger partial charge in [0, 0.05) is 6.54 Å². The average Bonchev–Trinajstić information content (AvgIpc) is 2.19. The van der Waals surface area contributed by atoms with Gasteiger partial charge in [0.05, 0.1) is 5.75 Å². The third-order valence-corrected chi connectivity index (χ3v) is 3.32. The van der Waals surface area contributed by atoms with Crippen LogP contribution in [0.15, 0.2) is 0 Å². The maximum Gasteiger partial charge on any atom is 1.00 e. The largest absolute Gasteiger partial charge is 1.00 e. The van der Waals surface area contributed by atoms with Gasteiger partial charge >= 0.3 is 51.4 Å². The predicted octanol–water partition coefficient (Wildman–Crippen LogP) is -0.717. The molecule has 0 aromatic carbocycles. The van der Waals surface area contributed by atoms with Crippen molar-refractivity contribution in [1.82, 2.24) is 4.90 Å². The minimum absolute atomic E-state index is 0. The fraction of sp³-hybridized carbons (Fsp3) is 1.00. The third-order valence-electron chi connectivity index (χ3n) is 2.62. The number of hydrogen-bond donors (Lipinski definition) is 1. The van der Waals surface area contributed by atoms with Crippen LogP contribution in [0.3, 0.4) is 0 Å². The summed E-state index contributed by atoms with van der Waals surface area (Å²) in [5.74, 6) is -0.167. The van der Waals surface area contributed by atoms with E-state index in [1.54, 1.807) is 0 Å². The molecule has 0 aromatic heterocycles. The van der Waals surface area contributed by atoms with E-state index in [2.05, 4.69) is 6.92 Å². The Morgan fingerprint density at radius 3 is 2.12 bits per heavy atom. The van der Waals surface area contributed by atoms with Crippen LogP contribution in [0.2, 0.25) is 0 Å². The molecule has 0 spiro atoms. The minimum Gasteiger partial charge on any atom is -1.00 e. The van der Waals surface area contributed by atoms with Crippen molar-refractivity contribution in [3.8, 4) is 0 Å². The monoisotopic (exact) mass is 291 g/mol. The molecule has 0 heterocycles. The Morgan fingerprint density at radius 1 is 1.06 bits per heavy atom. The molecule has 0 aliphatic carbocycles. The van der Waals surface area contributed by atoms with Gasteiger partial charge in [0.25, 0.3) is 10.1 Å². The number of rotatable bonds is 10. The van der Waals surface area contributed by atoms with Gasteiger partial charge in [-0.1, -0.05) is 39.0 Å². The molecule has 6 heteroatoms. The molecular formula is C11H26KNO3S. The van der Waals surface area contributed by atoms with E-state index >= 15 is 0 Å². The topological polar surface area (TPSA) is 57.6 Å². The Kier molecular flexibility index (Phi) is 15.3. The van der Waals surface area contributed by atoms with Crippen LogP contribution in [-0.2, 0) is 10.1 Å². The van der Waals surface area contributed by atoms with Gasteiger partial charge in [-0.3, -0.25) is 4.55 Å². The summed E-state index contributed by atoms with van der Waals surface area (Å²) in [6.45, 7) is 3.51. The molecule has 0 aliphatic heterocycles. The summed E-state index contributed by atoms with van der Waals surface area (Å²) in [6, 6.07) is 0. The molecule has 0 aliphatic rings. The van der Waals surface area contributed by atoms with Crippen molar-refractivity contribution < 1.29 is 65.8 Å². The van der Waals surface area contributed by atoms with E-state index in [1.807, 2.05) is 11.9 Å². The van der Waals surface area contributed by atoms with E-state index in [9.17, 15) is 8.42 Å². The zero-order chi connectivity index (χ0) is 12.4. The number of hydrogen-bond acceptors (Lipinski definition) is 3. The van der Waals surface area contributed by atoms with Crippen LogP contribution in [0.25, 0.3) is 0 Å². The van der Waals surface area contributed by atoms with Gasteiger partial charge in [-0.25, -0.2) is 0 Å². The Morgan fingerprint density at radius 2 is 1.59 bits per heavy atom. The Hall–Kier alpha value is 1.51. The van der Waals surface area contributed by atoms with Crippen molar-refractivity contribution in [2.24, 2.45) is 0 Å². The molecule has 0 rings (SSSR count). The van der Waals surface area contributed by atoms with Crippen molar-refractivity contribution in [3.63, 3.8) is 0 Å². The average molecular weight is 291 g/mol. The number of unbranched alkanes of at least 4 members (excludes halogenated alkanes) is 5. The van der Waals surface area contributed by atoms with Gasteiger partial charge in [-0.05, 0) is 20.0 Å². The summed E-state index contributed by atoms with van der Waals surface area (Å²) in [5, 5.41) is 0. The maximum atomic E-state index is 10.5. The summed E-state index contributed by atoms with van der Waals surface area (Å²) >= 11 is 0. The van der Waals surface area contributed by atoms with Crippen molar-refractivity contribution >= 4 is 10.1 Å². The summed E-state index contributed by atoms with van der Waals surface area (Å²) < 4.78 is 29.6. The fourth-order valence-electron chi connectivity index (χ4n) is 1.55. The summed E-state index contributed by atoms with van der Waals surface area (Å²) in [7, 11) is -1.92.